The van der Waals surface area contributed by atoms with Crippen LogP contribution in [0, 0.1) is 40.9 Å². The Bertz CT molecular complexity index is 1220. The number of carbonyl (C=O) groups is 2. The zero-order valence-corrected chi connectivity index (χ0v) is 23.0. The molecule has 3 saturated carbocycles. The second kappa shape index (κ2) is 10.5. The van der Waals surface area contributed by atoms with Gasteiger partial charge in [0.25, 0.3) is 5.91 Å². The molecule has 5 rings (SSSR count). The molecule has 4 aliphatic rings. The molecule has 4 aliphatic carbocycles. The first-order valence-electron chi connectivity index (χ1n) is 14.3. The first kappa shape index (κ1) is 27.5. The quantitative estimate of drug-likeness (QED) is 0.354. The van der Waals surface area contributed by atoms with E-state index in [1.165, 1.54) is 5.57 Å². The molecule has 0 unspecified atom stereocenters. The van der Waals surface area contributed by atoms with Crippen LogP contribution in [0.15, 0.2) is 47.1 Å². The third-order valence-corrected chi connectivity index (χ3v) is 10.7. The van der Waals surface area contributed by atoms with Crippen LogP contribution in [0.25, 0.3) is 0 Å². The van der Waals surface area contributed by atoms with E-state index in [2.05, 4.69) is 36.3 Å². The lowest BCUT2D eigenvalue weighted by Gasteiger charge is -2.58. The van der Waals surface area contributed by atoms with E-state index in [1.807, 2.05) is 30.3 Å². The van der Waals surface area contributed by atoms with Gasteiger partial charge in [-0.15, -0.1) is 6.42 Å². The van der Waals surface area contributed by atoms with Gasteiger partial charge in [-0.1, -0.05) is 60.8 Å². The average molecular weight is 533 g/mol. The number of benzene rings is 1. The van der Waals surface area contributed by atoms with Crippen LogP contribution >= 0.6 is 0 Å². The monoisotopic (exact) mass is 532 g/mol. The van der Waals surface area contributed by atoms with Gasteiger partial charge in [0.1, 0.15) is 11.6 Å². The Morgan fingerprint density at radius 2 is 1.87 bits per heavy atom. The first-order valence-corrected chi connectivity index (χ1v) is 14.3. The fourth-order valence-corrected chi connectivity index (χ4v) is 8.36. The molecule has 3 N–H and O–H groups in total. The van der Waals surface area contributed by atoms with Gasteiger partial charge in [-0.3, -0.25) is 4.79 Å². The number of hydrogen-bond acceptors (Lipinski definition) is 5. The van der Waals surface area contributed by atoms with Crippen LogP contribution in [0.4, 0.5) is 0 Å². The van der Waals surface area contributed by atoms with E-state index in [0.717, 1.165) is 56.2 Å². The molecular formula is C32H40N2O5. The molecule has 7 heteroatoms. The Kier molecular flexibility index (Phi) is 7.37. The first-order chi connectivity index (χ1) is 18.6. The third-order valence-electron chi connectivity index (χ3n) is 10.7. The Morgan fingerprint density at radius 1 is 1.13 bits per heavy atom. The van der Waals surface area contributed by atoms with Gasteiger partial charge in [0.2, 0.25) is 0 Å². The van der Waals surface area contributed by atoms with Gasteiger partial charge in [0.15, 0.2) is 6.61 Å². The summed E-state index contributed by atoms with van der Waals surface area (Å²) in [5.74, 6) is 2.77. The minimum absolute atomic E-state index is 0.101. The summed E-state index contributed by atoms with van der Waals surface area (Å²) in [7, 11) is 0. The molecule has 7 atom stereocenters. The predicted molar refractivity (Wildman–Crippen MR) is 149 cm³/mol. The number of carboxylic acid groups (broad SMARTS) is 1. The van der Waals surface area contributed by atoms with Crippen molar-refractivity contribution in [1.29, 1.82) is 0 Å². The number of aliphatic carboxylic acids is 1. The van der Waals surface area contributed by atoms with Crippen molar-refractivity contribution in [2.75, 3.05) is 6.61 Å². The number of fused-ring (bicyclic) bond motifs is 5. The lowest BCUT2D eigenvalue weighted by molar-refractivity contribution is -0.142. The Hall–Kier alpha value is -3.11. The van der Waals surface area contributed by atoms with Gasteiger partial charge < -0.3 is 20.4 Å². The number of amides is 1. The molecule has 0 saturated heterocycles. The summed E-state index contributed by atoms with van der Waals surface area (Å²) in [4.78, 5) is 29.4. The molecule has 7 nitrogen and oxygen atoms in total. The maximum absolute atomic E-state index is 12.4. The number of nitrogens with zero attached hydrogens (tertiary/aromatic N) is 1. The summed E-state index contributed by atoms with van der Waals surface area (Å²) in [5.41, 5.74) is 1.99. The lowest BCUT2D eigenvalue weighted by atomic mass is 9.46. The normalized spacial score (nSPS) is 36.9. The highest BCUT2D eigenvalue weighted by Gasteiger charge is 2.63. The molecule has 1 amide bonds. The van der Waals surface area contributed by atoms with Gasteiger partial charge in [-0.2, -0.15) is 0 Å². The summed E-state index contributed by atoms with van der Waals surface area (Å²) >= 11 is 0. The van der Waals surface area contributed by atoms with Crippen LogP contribution in [-0.2, 0) is 20.8 Å². The van der Waals surface area contributed by atoms with Crippen molar-refractivity contribution < 1.29 is 24.6 Å². The number of carbonyl (C=O) groups excluding carboxylic acids is 1. The van der Waals surface area contributed by atoms with Crippen molar-refractivity contribution in [2.24, 2.45) is 33.7 Å². The number of aliphatic hydroxyl groups is 1. The van der Waals surface area contributed by atoms with Crippen molar-refractivity contribution in [2.45, 2.75) is 83.3 Å². The number of oxime groups is 1. The molecule has 3 fully saturated rings. The summed E-state index contributed by atoms with van der Waals surface area (Å²) in [6.07, 6.45) is 15.8. The highest BCUT2D eigenvalue weighted by Crippen LogP contribution is 2.67. The Morgan fingerprint density at radius 3 is 2.59 bits per heavy atom. The van der Waals surface area contributed by atoms with Crippen LogP contribution < -0.4 is 5.32 Å². The molecule has 1 aromatic rings. The third kappa shape index (κ3) is 4.89. The zero-order valence-electron chi connectivity index (χ0n) is 23.0. The van der Waals surface area contributed by atoms with E-state index < -0.39 is 23.5 Å². The van der Waals surface area contributed by atoms with Crippen LogP contribution in [0.1, 0.15) is 70.8 Å². The van der Waals surface area contributed by atoms with Crippen LogP contribution in [0.3, 0.4) is 0 Å². The highest BCUT2D eigenvalue weighted by atomic mass is 16.6. The van der Waals surface area contributed by atoms with Crippen LogP contribution in [0.5, 0.6) is 0 Å². The minimum atomic E-state index is -1.09. The SMILES string of the molecule is C#C[C@@]1(O)CC[C@H]2[C@@H]3CCC4=C/C(=N/OCC(=O)N[C@@H](Cc5ccccc5)C(=O)O)CC[C@]4(C)[C@H]3CC[C@@]21C. The fourth-order valence-electron chi connectivity index (χ4n) is 8.36. The average Bonchev–Trinajstić information content (AvgIpc) is 3.20. The van der Waals surface area contributed by atoms with Crippen molar-refractivity contribution in [3.05, 3.63) is 47.5 Å². The second-order valence-electron chi connectivity index (χ2n) is 12.5. The smallest absolute Gasteiger partial charge is 0.326 e. The molecule has 208 valence electrons. The lowest BCUT2D eigenvalue weighted by Crippen LogP contribution is -2.54. The number of terminal acetylenes is 1. The van der Waals surface area contributed by atoms with E-state index in [9.17, 15) is 19.8 Å². The maximum Gasteiger partial charge on any atom is 0.326 e. The standard InChI is InChI=1S/C32H40N2O5/c1-4-32(38)17-14-26-24-11-10-22-19-23(12-15-30(22,2)25(24)13-16-31(26,32)3)34-39-20-28(35)33-27(29(36)37)18-21-8-6-5-7-9-21/h1,5-9,19,24-27,38H,10-18,20H2,2-3H3,(H,33,35)(H,36,37)/b34-23+/t24-,25+,26+,27+,30+,31+,32-/m1/s1. The van der Waals surface area contributed by atoms with Gasteiger partial charge in [-0.25, -0.2) is 4.79 Å². The predicted octanol–water partition coefficient (Wildman–Crippen LogP) is 4.50. The minimum Gasteiger partial charge on any atom is -0.480 e. The largest absolute Gasteiger partial charge is 0.480 e. The van der Waals surface area contributed by atoms with Gasteiger partial charge in [-0.05, 0) is 86.2 Å². The fraction of sp³-hybridized carbons (Fsp3) is 0.594. The van der Waals surface area contributed by atoms with Crippen molar-refractivity contribution in [1.82, 2.24) is 5.32 Å². The summed E-state index contributed by atoms with van der Waals surface area (Å²) in [5, 5.41) is 27.5. The summed E-state index contributed by atoms with van der Waals surface area (Å²) in [6.45, 7) is 4.28. The van der Waals surface area contributed by atoms with Gasteiger partial charge in [0.05, 0.1) is 5.71 Å². The Labute approximate surface area is 231 Å². The van der Waals surface area contributed by atoms with E-state index in [-0.39, 0.29) is 23.9 Å². The van der Waals surface area contributed by atoms with E-state index in [4.69, 9.17) is 11.3 Å². The van der Waals surface area contributed by atoms with E-state index >= 15 is 0 Å². The van der Waals surface area contributed by atoms with Crippen molar-refractivity contribution in [3.63, 3.8) is 0 Å². The van der Waals surface area contributed by atoms with Crippen molar-refractivity contribution in [3.8, 4) is 12.3 Å². The summed E-state index contributed by atoms with van der Waals surface area (Å²) in [6, 6.07) is 8.17. The van der Waals surface area contributed by atoms with Gasteiger partial charge in [0, 0.05) is 11.8 Å². The summed E-state index contributed by atoms with van der Waals surface area (Å²) < 4.78 is 0. The van der Waals surface area contributed by atoms with E-state index in [0.29, 0.717) is 24.2 Å². The zero-order chi connectivity index (χ0) is 27.8. The molecular weight excluding hydrogens is 492 g/mol. The topological polar surface area (TPSA) is 108 Å². The molecule has 0 heterocycles. The number of hydrogen-bond donors (Lipinski definition) is 3. The number of allylic oxidation sites excluding steroid dienone is 2. The van der Waals surface area contributed by atoms with E-state index in [1.54, 1.807) is 0 Å². The molecule has 0 spiro atoms. The van der Waals surface area contributed by atoms with Gasteiger partial charge >= 0.3 is 5.97 Å². The molecule has 0 aliphatic heterocycles. The van der Waals surface area contributed by atoms with Crippen LogP contribution in [-0.4, -0.2) is 46.1 Å². The second-order valence-corrected chi connectivity index (χ2v) is 12.5. The molecule has 39 heavy (non-hydrogen) atoms. The van der Waals surface area contributed by atoms with Crippen molar-refractivity contribution >= 4 is 17.6 Å². The number of rotatable bonds is 7. The Balaban J connectivity index is 1.20. The highest BCUT2D eigenvalue weighted by molar-refractivity contribution is 5.96. The molecule has 0 radical (unpaired) electrons. The number of nitrogens with one attached hydrogen (secondary N) is 1. The number of carboxylic acids is 1. The molecule has 0 bridgehead atoms. The molecule has 0 aromatic heterocycles. The molecule has 1 aromatic carbocycles. The van der Waals surface area contributed by atoms with Crippen LogP contribution in [0.2, 0.25) is 0 Å². The maximum atomic E-state index is 12.4.